The van der Waals surface area contributed by atoms with Crippen LogP contribution >= 0.6 is 54.4 Å². The summed E-state index contributed by atoms with van der Waals surface area (Å²) < 4.78 is 94.9. The fourth-order valence-electron chi connectivity index (χ4n) is 16.3. The minimum absolute atomic E-state index is 0.238. The van der Waals surface area contributed by atoms with E-state index in [1.165, 1.54) is 5.56 Å². The summed E-state index contributed by atoms with van der Waals surface area (Å²) in [5, 5.41) is 13.0. The van der Waals surface area contributed by atoms with E-state index in [1.54, 1.807) is 34.5 Å². The van der Waals surface area contributed by atoms with Gasteiger partial charge in [0.15, 0.2) is 0 Å². The Labute approximate surface area is 805 Å². The van der Waals surface area contributed by atoms with E-state index in [4.69, 9.17) is 90.5 Å². The van der Waals surface area contributed by atoms with Crippen molar-refractivity contribution in [3.63, 3.8) is 0 Å². The van der Waals surface area contributed by atoms with E-state index in [0.717, 1.165) is 138 Å². The second-order valence-electron chi connectivity index (χ2n) is 43.6. The molecule has 0 bridgehead atoms. The summed E-state index contributed by atoms with van der Waals surface area (Å²) in [4.78, 5) is 0. The van der Waals surface area contributed by atoms with Gasteiger partial charge in [-0.3, -0.25) is 0 Å². The zero-order valence-corrected chi connectivity index (χ0v) is 90.7. The number of hydrogen-bond donors (Lipinski definition) is 1. The number of rotatable bonds is 18. The lowest BCUT2D eigenvalue weighted by Crippen LogP contribution is -2.16. The molecule has 712 valence electrons. The van der Waals surface area contributed by atoms with Crippen molar-refractivity contribution in [3.8, 4) is 85.5 Å². The van der Waals surface area contributed by atoms with Crippen LogP contribution in [0.5, 0.6) is 63.2 Å². The molecule has 2 aromatic heterocycles. The molecule has 21 heteroatoms. The Morgan fingerprint density at radius 2 is 0.504 bits per heavy atom. The third-order valence-electron chi connectivity index (χ3n) is 23.4. The first-order valence-corrected chi connectivity index (χ1v) is 51.7. The molecule has 133 heavy (non-hydrogen) atoms. The Balaban J connectivity index is 0.000000240. The van der Waals surface area contributed by atoms with Gasteiger partial charge in [0.25, 0.3) is 6.85 Å². The molecular formula is C112H140Cl2O15P4. The van der Waals surface area contributed by atoms with Crippen LogP contribution in [0.2, 0.25) is 0 Å². The molecule has 0 aliphatic heterocycles. The largest absolute Gasteiger partial charge is 0.530 e. The van der Waals surface area contributed by atoms with Gasteiger partial charge in [-0.05, 0) is 265 Å². The van der Waals surface area contributed by atoms with E-state index >= 15 is 0 Å². The molecule has 0 fully saturated rings. The Kier molecular flexibility index (Phi) is 31.3. The van der Waals surface area contributed by atoms with Crippen molar-refractivity contribution in [2.24, 2.45) is 0 Å². The highest BCUT2D eigenvalue weighted by atomic mass is 35.9. The number of phenols is 1. The van der Waals surface area contributed by atoms with E-state index < -0.39 is 48.2 Å². The third kappa shape index (κ3) is 24.5. The standard InChI is InChI=1S/C60H74O8P2.C44H56Cl2O6P2.C8H10O/c1-35-21-23-51(39(5)25-35)63-69(64-52-24-22-36(2)26-40(52)6)65-55-45(31-41(61-19)33-49(55)59(13,14)15)46-32-42(62-20)34-50(60(16,17)18)56(46)68-70-66-53-43(27-37(3)29-47(53)57(7,8)9)44-28-38(4)30-48(54(44)67-70)58(10,11)12;1-25-17-29-30-18-26(2)20-34(42(6,7)8)39(30)51-54(50-38(29)33(19-25)41(3,4)5)52-40-32(22-28(48-16)24-36(40)44(12,13)14)31-21-27(47-15)23-35(43(9,10)11)37(31)49-53(45)46;1-6-3-4-8(9)7(2)5-6/h21-34H,1-20H3;17-24H,1-16H3;3-5,9H,1-2H3. The maximum Gasteiger partial charge on any atom is 0.530 e. The summed E-state index contributed by atoms with van der Waals surface area (Å²) in [7, 11) is 0.246. The van der Waals surface area contributed by atoms with Crippen LogP contribution in [0, 0.1) is 69.2 Å². The van der Waals surface area contributed by atoms with Crippen molar-refractivity contribution in [1.29, 1.82) is 0 Å². The number of benzene rings is 11. The molecule has 15 nitrogen and oxygen atoms in total. The van der Waals surface area contributed by atoms with E-state index in [1.807, 2.05) is 113 Å². The molecule has 0 aliphatic carbocycles. The van der Waals surface area contributed by atoms with Gasteiger partial charge in [0.1, 0.15) is 85.6 Å². The Morgan fingerprint density at radius 3 is 0.737 bits per heavy atom. The maximum atomic E-state index is 9.04. The number of ether oxygens (including phenoxy) is 4. The molecule has 11 aromatic carbocycles. The zero-order valence-electron chi connectivity index (χ0n) is 85.6. The number of aromatic hydroxyl groups is 1. The number of hydrogen-bond acceptors (Lipinski definition) is 15. The van der Waals surface area contributed by atoms with Crippen LogP contribution in [0.25, 0.3) is 66.1 Å². The van der Waals surface area contributed by atoms with Gasteiger partial charge in [-0.25, -0.2) is 0 Å². The minimum atomic E-state index is -2.18. The van der Waals surface area contributed by atoms with E-state index in [0.29, 0.717) is 85.5 Å². The molecule has 0 unspecified atom stereocenters. The summed E-state index contributed by atoms with van der Waals surface area (Å²) in [6, 6.07) is 51.4. The van der Waals surface area contributed by atoms with Crippen LogP contribution < -0.4 is 46.1 Å². The topological polar surface area (TPSA) is 165 Å². The highest BCUT2D eigenvalue weighted by Crippen LogP contribution is 2.60. The van der Waals surface area contributed by atoms with Gasteiger partial charge in [-0.1, -0.05) is 244 Å². The number of aryl methyl sites for hydroxylation is 10. The lowest BCUT2D eigenvalue weighted by Gasteiger charge is -2.29. The van der Waals surface area contributed by atoms with Crippen LogP contribution in [-0.4, -0.2) is 33.5 Å². The van der Waals surface area contributed by atoms with Gasteiger partial charge >= 0.3 is 25.1 Å². The third-order valence-corrected chi connectivity index (χ3v) is 27.2. The molecule has 0 aliphatic rings. The molecule has 0 saturated carbocycles. The van der Waals surface area contributed by atoms with Crippen molar-refractivity contribution in [2.45, 2.75) is 279 Å². The van der Waals surface area contributed by atoms with Gasteiger partial charge in [-0.2, -0.15) is 0 Å². The predicted octanol–water partition coefficient (Wildman–Crippen LogP) is 36.3. The second kappa shape index (κ2) is 40.0. The number of phenolic OH excluding ortho intramolecular Hbond substituents is 1. The lowest BCUT2D eigenvalue weighted by atomic mass is 9.81. The summed E-state index contributed by atoms with van der Waals surface area (Å²) in [6.07, 6.45) is 0. The van der Waals surface area contributed by atoms with E-state index in [9.17, 15) is 0 Å². The predicted molar refractivity (Wildman–Crippen MR) is 561 cm³/mol. The van der Waals surface area contributed by atoms with E-state index in [2.05, 4.69) is 268 Å². The zero-order chi connectivity index (χ0) is 98.6. The maximum absolute atomic E-state index is 9.04. The van der Waals surface area contributed by atoms with Crippen LogP contribution in [0.1, 0.15) is 266 Å². The van der Waals surface area contributed by atoms with Gasteiger partial charge in [0.2, 0.25) is 0 Å². The SMILES string of the molecule is COc1cc(-c2cc(OC)cc(C(C)(C)C)c2Op2oc3c(C(C)(C)C)cc(C)cc3c3cc(C)cc(C(C)(C)C)c3o2)c(OP(Cl)Cl)c(C(C)(C)C)c1.COc1cc(-c2cc(OC)cc(C(C)(C)C)c2Op2oc3c(C(C)(C)C)cc(C)cc3c3cc(C)cc(C(C)(C)C)c3o2)c(OP(Oc2ccc(C)cc2C)Oc2ccc(C)cc2C)c(C(C)(C)C)c1.Cc1ccc(O)c(C)c1. The molecule has 0 saturated heterocycles. The Morgan fingerprint density at radius 1 is 0.263 bits per heavy atom. The number of fused-ring (bicyclic) bond motifs is 6. The van der Waals surface area contributed by atoms with Gasteiger partial charge in [0.05, 0.1) is 28.4 Å². The van der Waals surface area contributed by atoms with Gasteiger partial charge < -0.3 is 68.0 Å². The van der Waals surface area contributed by atoms with Crippen molar-refractivity contribution in [2.75, 3.05) is 28.4 Å². The fourth-order valence-corrected chi connectivity index (χ4v) is 20.6. The highest BCUT2D eigenvalue weighted by Gasteiger charge is 2.38. The first kappa shape index (κ1) is 104. The lowest BCUT2D eigenvalue weighted by molar-refractivity contribution is 0.378. The normalized spacial score (nSPS) is 12.4. The second-order valence-corrected chi connectivity index (χ2v) is 49.5. The molecule has 0 atom stereocenters. The van der Waals surface area contributed by atoms with Crippen LogP contribution in [0.15, 0.2) is 168 Å². The molecule has 13 rings (SSSR count). The average molecular weight is 1920 g/mol. The van der Waals surface area contributed by atoms with Crippen molar-refractivity contribution in [1.82, 2.24) is 0 Å². The molecule has 2 heterocycles. The Hall–Kier alpha value is -9.54. The molecular weight excluding hydrogens is 1780 g/mol. The monoisotopic (exact) mass is 1920 g/mol. The number of halogens is 2. The van der Waals surface area contributed by atoms with E-state index in [-0.39, 0.29) is 27.1 Å². The van der Waals surface area contributed by atoms with Gasteiger partial charge in [0, 0.05) is 88.3 Å². The molecule has 0 amide bonds. The summed E-state index contributed by atoms with van der Waals surface area (Å²) in [6.45, 7) is 71.1. The number of methoxy groups -OCH3 is 4. The van der Waals surface area contributed by atoms with Crippen molar-refractivity contribution in [3.05, 3.63) is 252 Å². The highest BCUT2D eigenvalue weighted by molar-refractivity contribution is 8.00. The average Bonchev–Trinajstić information content (AvgIpc) is 1.61. The Bertz CT molecular complexity index is 6380. The summed E-state index contributed by atoms with van der Waals surface area (Å²) >= 11 is 12.9. The summed E-state index contributed by atoms with van der Waals surface area (Å²) in [5.41, 5.74) is 21.8. The molecule has 13 aromatic rings. The van der Waals surface area contributed by atoms with Crippen LogP contribution in [-0.2, 0) is 43.3 Å². The quantitative estimate of drug-likeness (QED) is 0.0806. The smallest absolute Gasteiger partial charge is 0.508 e. The van der Waals surface area contributed by atoms with Crippen LogP contribution in [0.3, 0.4) is 0 Å². The van der Waals surface area contributed by atoms with Crippen molar-refractivity contribution >= 4 is 98.3 Å². The summed E-state index contributed by atoms with van der Waals surface area (Å²) in [5.74, 6) is 6.49. The van der Waals surface area contributed by atoms with Crippen molar-refractivity contribution < 1.29 is 68.0 Å². The minimum Gasteiger partial charge on any atom is -0.508 e. The first-order chi connectivity index (χ1) is 61.6. The van der Waals surface area contributed by atoms with Crippen LogP contribution in [0.4, 0.5) is 0 Å². The van der Waals surface area contributed by atoms with Gasteiger partial charge in [-0.15, -0.1) is 0 Å². The molecule has 0 radical (unpaired) electrons. The first-order valence-electron chi connectivity index (χ1n) is 45.3. The molecule has 0 spiro atoms. The fraction of sp³-hybridized carbons (Fsp3) is 0.411. The molecule has 1 N–H and O–H groups in total.